The Hall–Kier alpha value is -0.670. The maximum Gasteiger partial charge on any atom is 0.186 e. The van der Waals surface area contributed by atoms with Crippen LogP contribution in [0.25, 0.3) is 0 Å². The Labute approximate surface area is 156 Å². The van der Waals surface area contributed by atoms with E-state index in [4.69, 9.17) is 9.47 Å². The fourth-order valence-electron chi connectivity index (χ4n) is 2.40. The van der Waals surface area contributed by atoms with Crippen molar-refractivity contribution in [2.45, 2.75) is 99.9 Å². The molecule has 3 heteroatoms. The van der Waals surface area contributed by atoms with Crippen LogP contribution in [0, 0.1) is 16.7 Å². The van der Waals surface area contributed by atoms with Crippen molar-refractivity contribution >= 4 is 5.78 Å². The lowest BCUT2D eigenvalue weighted by Gasteiger charge is -2.47. The molecule has 0 radical (unpaired) electrons. The van der Waals surface area contributed by atoms with Crippen LogP contribution >= 0.6 is 0 Å². The van der Waals surface area contributed by atoms with Crippen LogP contribution in [0.3, 0.4) is 0 Å². The molecule has 0 heterocycles. The second kappa shape index (κ2) is 8.35. The van der Waals surface area contributed by atoms with Crippen molar-refractivity contribution in [3.63, 3.8) is 0 Å². The highest BCUT2D eigenvalue weighted by molar-refractivity contribution is 5.95. The third kappa shape index (κ3) is 6.21. The lowest BCUT2D eigenvalue weighted by molar-refractivity contribution is -0.176. The van der Waals surface area contributed by atoms with E-state index in [2.05, 4.69) is 68.9 Å². The van der Waals surface area contributed by atoms with Crippen LogP contribution in [0.15, 0.2) is 12.7 Å². The summed E-state index contributed by atoms with van der Waals surface area (Å²) < 4.78 is 12.4. The molecule has 3 nitrogen and oxygen atoms in total. The normalized spacial score (nSPS) is 15.4. The molecule has 0 amide bonds. The van der Waals surface area contributed by atoms with E-state index in [0.29, 0.717) is 12.5 Å². The first kappa shape index (κ1) is 24.3. The molecule has 0 spiro atoms. The second-order valence-corrected chi connectivity index (χ2v) is 9.81. The summed E-state index contributed by atoms with van der Waals surface area (Å²) in [5.74, 6) is 0.448. The van der Waals surface area contributed by atoms with Crippen LogP contribution < -0.4 is 0 Å². The van der Waals surface area contributed by atoms with Gasteiger partial charge in [0, 0.05) is 6.61 Å². The van der Waals surface area contributed by atoms with Gasteiger partial charge in [-0.3, -0.25) is 4.79 Å². The highest BCUT2D eigenvalue weighted by Gasteiger charge is 2.42. The van der Waals surface area contributed by atoms with E-state index in [9.17, 15) is 4.79 Å². The minimum atomic E-state index is -0.824. The molecule has 0 saturated heterocycles. The molecule has 25 heavy (non-hydrogen) atoms. The minimum absolute atomic E-state index is 0.0897. The first-order valence-electron chi connectivity index (χ1n) is 9.50. The van der Waals surface area contributed by atoms with Gasteiger partial charge in [0.25, 0.3) is 0 Å². The summed E-state index contributed by atoms with van der Waals surface area (Å²) >= 11 is 0. The Balaban J connectivity index is 4.94. The SMILES string of the molecule is C=CC(=O)C(C)(C)OCCC(C)(C)C(C)(C)OC(C)C(C)(C)C(C)C. The van der Waals surface area contributed by atoms with Crippen LogP contribution in [0.4, 0.5) is 0 Å². The Kier molecular flexibility index (Phi) is 8.12. The standard InChI is InChI=1S/C22H42O3/c1-13-18(23)21(9,10)24-15-14-19(5,6)22(11,12)25-17(4)20(7,8)16(2)3/h13,16-17H,1,14-15H2,2-12H3. The number of carbonyl (C=O) groups is 1. The molecule has 0 bridgehead atoms. The Morgan fingerprint density at radius 1 is 1.00 bits per heavy atom. The molecule has 1 atom stereocenters. The van der Waals surface area contributed by atoms with E-state index in [0.717, 1.165) is 6.42 Å². The Bertz CT molecular complexity index is 456. The molecule has 0 aromatic heterocycles. The van der Waals surface area contributed by atoms with Gasteiger partial charge in [-0.05, 0) is 63.9 Å². The highest BCUT2D eigenvalue weighted by Crippen LogP contribution is 2.42. The van der Waals surface area contributed by atoms with Crippen molar-refractivity contribution in [2.75, 3.05) is 6.61 Å². The van der Waals surface area contributed by atoms with Gasteiger partial charge in [0.1, 0.15) is 5.60 Å². The van der Waals surface area contributed by atoms with Crippen molar-refractivity contribution in [3.05, 3.63) is 12.7 Å². The van der Waals surface area contributed by atoms with Gasteiger partial charge in [-0.2, -0.15) is 0 Å². The number of hydrogen-bond donors (Lipinski definition) is 0. The van der Waals surface area contributed by atoms with Gasteiger partial charge in [-0.25, -0.2) is 0 Å². The molecule has 0 aliphatic heterocycles. The summed E-state index contributed by atoms with van der Waals surface area (Å²) in [6.07, 6.45) is 2.28. The molecule has 0 aliphatic rings. The van der Waals surface area contributed by atoms with E-state index in [1.807, 2.05) is 0 Å². The molecule has 0 fully saturated rings. The molecule has 0 aromatic rings. The molecule has 0 aromatic carbocycles. The number of ketones is 1. The lowest BCUT2D eigenvalue weighted by Crippen LogP contribution is -2.48. The van der Waals surface area contributed by atoms with E-state index >= 15 is 0 Å². The van der Waals surface area contributed by atoms with Gasteiger partial charge < -0.3 is 9.47 Å². The summed E-state index contributed by atoms with van der Waals surface area (Å²) in [6, 6.07) is 0. The van der Waals surface area contributed by atoms with Gasteiger partial charge in [0.2, 0.25) is 0 Å². The fourth-order valence-corrected chi connectivity index (χ4v) is 2.40. The summed E-state index contributed by atoms with van der Waals surface area (Å²) in [4.78, 5) is 11.8. The zero-order valence-corrected chi connectivity index (χ0v) is 18.6. The predicted molar refractivity (Wildman–Crippen MR) is 107 cm³/mol. The summed E-state index contributed by atoms with van der Waals surface area (Å²) in [7, 11) is 0. The average Bonchev–Trinajstić information content (AvgIpc) is 2.44. The number of carbonyl (C=O) groups excluding carboxylic acids is 1. The van der Waals surface area contributed by atoms with Crippen molar-refractivity contribution in [2.24, 2.45) is 16.7 Å². The van der Waals surface area contributed by atoms with Crippen molar-refractivity contribution in [1.82, 2.24) is 0 Å². The third-order valence-electron chi connectivity index (χ3n) is 6.61. The lowest BCUT2D eigenvalue weighted by atomic mass is 9.72. The largest absolute Gasteiger partial charge is 0.372 e. The molecule has 148 valence electrons. The highest BCUT2D eigenvalue weighted by atomic mass is 16.5. The second-order valence-electron chi connectivity index (χ2n) is 9.81. The molecule has 0 N–H and O–H groups in total. The van der Waals surface area contributed by atoms with E-state index in [-0.39, 0.29) is 28.3 Å². The summed E-state index contributed by atoms with van der Waals surface area (Å²) in [5.41, 5.74) is -1.13. The third-order valence-corrected chi connectivity index (χ3v) is 6.61. The van der Waals surface area contributed by atoms with Crippen molar-refractivity contribution in [1.29, 1.82) is 0 Å². The van der Waals surface area contributed by atoms with Gasteiger partial charge >= 0.3 is 0 Å². The van der Waals surface area contributed by atoms with Gasteiger partial charge in [0.15, 0.2) is 5.78 Å². The predicted octanol–water partition coefficient (Wildman–Crippen LogP) is 5.82. The smallest absolute Gasteiger partial charge is 0.186 e. The molecular weight excluding hydrogens is 312 g/mol. The van der Waals surface area contributed by atoms with Crippen LogP contribution in [-0.2, 0) is 14.3 Å². The minimum Gasteiger partial charge on any atom is -0.372 e. The van der Waals surface area contributed by atoms with E-state index in [1.165, 1.54) is 6.08 Å². The number of ether oxygens (including phenoxy) is 2. The van der Waals surface area contributed by atoms with Gasteiger partial charge in [-0.1, -0.05) is 48.1 Å². The average molecular weight is 355 g/mol. The van der Waals surface area contributed by atoms with E-state index in [1.54, 1.807) is 13.8 Å². The number of hydrogen-bond acceptors (Lipinski definition) is 3. The fraction of sp³-hybridized carbons (Fsp3) is 0.864. The van der Waals surface area contributed by atoms with Gasteiger partial charge in [-0.15, -0.1) is 0 Å². The molecular formula is C22H42O3. The first-order chi connectivity index (χ1) is 11.0. The van der Waals surface area contributed by atoms with E-state index < -0.39 is 5.60 Å². The van der Waals surface area contributed by atoms with Crippen LogP contribution in [-0.4, -0.2) is 29.7 Å². The Morgan fingerprint density at radius 3 is 1.88 bits per heavy atom. The molecule has 0 aliphatic carbocycles. The Morgan fingerprint density at radius 2 is 1.48 bits per heavy atom. The molecule has 1 unspecified atom stereocenters. The topological polar surface area (TPSA) is 35.5 Å². The maximum atomic E-state index is 11.8. The van der Waals surface area contributed by atoms with Crippen LogP contribution in [0.1, 0.15) is 82.6 Å². The summed E-state index contributed by atoms with van der Waals surface area (Å²) in [6.45, 7) is 27.5. The van der Waals surface area contributed by atoms with Crippen molar-refractivity contribution in [3.8, 4) is 0 Å². The van der Waals surface area contributed by atoms with Crippen LogP contribution in [0.2, 0.25) is 0 Å². The zero-order chi connectivity index (χ0) is 20.3. The monoisotopic (exact) mass is 354 g/mol. The quantitative estimate of drug-likeness (QED) is 0.439. The molecule has 0 rings (SSSR count). The first-order valence-corrected chi connectivity index (χ1v) is 9.50. The number of rotatable bonds is 11. The van der Waals surface area contributed by atoms with Crippen LogP contribution in [0.5, 0.6) is 0 Å². The summed E-state index contributed by atoms with van der Waals surface area (Å²) in [5, 5.41) is 0. The zero-order valence-electron chi connectivity index (χ0n) is 18.6. The van der Waals surface area contributed by atoms with Crippen molar-refractivity contribution < 1.29 is 14.3 Å². The molecule has 0 saturated carbocycles. The van der Waals surface area contributed by atoms with Gasteiger partial charge in [0.05, 0.1) is 11.7 Å². The maximum absolute atomic E-state index is 11.8.